The summed E-state index contributed by atoms with van der Waals surface area (Å²) in [5.74, 6) is 1.46. The molecule has 0 radical (unpaired) electrons. The van der Waals surface area contributed by atoms with Crippen molar-refractivity contribution in [3.05, 3.63) is 64.7 Å². The van der Waals surface area contributed by atoms with Crippen LogP contribution < -0.4 is 10.1 Å². The first-order chi connectivity index (χ1) is 14.5. The molecule has 0 spiro atoms. The second-order valence-corrected chi connectivity index (χ2v) is 8.20. The Labute approximate surface area is 195 Å². The number of carbonyl (C=O) groups excluding carboxylic acids is 1. The number of rotatable bonds is 10. The lowest BCUT2D eigenvalue weighted by Gasteiger charge is -2.16. The van der Waals surface area contributed by atoms with Crippen LogP contribution in [-0.2, 0) is 9.53 Å². The fourth-order valence-electron chi connectivity index (χ4n) is 4.00. The number of nitrogens with one attached hydrogen (secondary N) is 1. The lowest BCUT2D eigenvalue weighted by Crippen LogP contribution is -2.26. The lowest BCUT2D eigenvalue weighted by molar-refractivity contribution is -0.145. The first-order valence-electron chi connectivity index (χ1n) is 10.6. The van der Waals surface area contributed by atoms with E-state index in [1.165, 1.54) is 12.0 Å². The second-order valence-electron chi connectivity index (χ2n) is 7.77. The van der Waals surface area contributed by atoms with E-state index in [1.807, 2.05) is 30.3 Å². The topological polar surface area (TPSA) is 67.8 Å². The first-order valence-corrected chi connectivity index (χ1v) is 11.0. The van der Waals surface area contributed by atoms with Crippen molar-refractivity contribution in [3.63, 3.8) is 0 Å². The van der Waals surface area contributed by atoms with Gasteiger partial charge in [0.1, 0.15) is 5.75 Å². The van der Waals surface area contributed by atoms with Crippen LogP contribution in [0.4, 0.5) is 0 Å². The third-order valence-corrected chi connectivity index (χ3v) is 5.79. The monoisotopic (exact) mass is 467 g/mol. The van der Waals surface area contributed by atoms with E-state index in [-0.39, 0.29) is 25.0 Å². The second kappa shape index (κ2) is 12.9. The fraction of sp³-hybridized carbons (Fsp3) is 0.458. The highest BCUT2D eigenvalue weighted by Crippen LogP contribution is 2.38. The molecule has 0 heterocycles. The molecule has 0 saturated heterocycles. The minimum atomic E-state index is -0.553. The van der Waals surface area contributed by atoms with E-state index in [1.54, 1.807) is 13.0 Å². The molecule has 2 aromatic rings. The van der Waals surface area contributed by atoms with E-state index in [2.05, 4.69) is 17.4 Å². The normalized spacial score (nSPS) is 18.8. The first kappa shape index (κ1) is 25.5. The van der Waals surface area contributed by atoms with Crippen LogP contribution >= 0.6 is 24.0 Å². The van der Waals surface area contributed by atoms with Crippen molar-refractivity contribution in [2.45, 2.75) is 38.2 Å². The van der Waals surface area contributed by atoms with Crippen LogP contribution in [0.3, 0.4) is 0 Å². The minimum absolute atomic E-state index is 0. The molecule has 3 atom stereocenters. The van der Waals surface area contributed by atoms with Crippen LogP contribution in [0.5, 0.6) is 5.75 Å². The van der Waals surface area contributed by atoms with Crippen LogP contribution in [0, 0.1) is 5.92 Å². The Kier molecular flexibility index (Phi) is 10.6. The molecule has 170 valence electrons. The van der Waals surface area contributed by atoms with E-state index in [4.69, 9.17) is 21.1 Å². The Morgan fingerprint density at radius 2 is 2.00 bits per heavy atom. The van der Waals surface area contributed by atoms with Crippen molar-refractivity contribution in [1.29, 1.82) is 0 Å². The molecule has 0 amide bonds. The van der Waals surface area contributed by atoms with Gasteiger partial charge in [0.2, 0.25) is 0 Å². The number of ether oxygens (including phenoxy) is 2. The van der Waals surface area contributed by atoms with Crippen molar-refractivity contribution >= 4 is 30.0 Å². The van der Waals surface area contributed by atoms with Crippen molar-refractivity contribution in [1.82, 2.24) is 5.32 Å². The number of aliphatic hydroxyl groups excluding tert-OH is 1. The minimum Gasteiger partial charge on any atom is -0.482 e. The highest BCUT2D eigenvalue weighted by Gasteiger charge is 2.25. The summed E-state index contributed by atoms with van der Waals surface area (Å²) >= 11 is 5.99. The number of benzene rings is 2. The van der Waals surface area contributed by atoms with E-state index in [0.29, 0.717) is 35.8 Å². The summed E-state index contributed by atoms with van der Waals surface area (Å²) < 4.78 is 10.3. The molecule has 5 nitrogen and oxygen atoms in total. The van der Waals surface area contributed by atoms with Crippen LogP contribution in [0.2, 0.25) is 5.02 Å². The summed E-state index contributed by atoms with van der Waals surface area (Å²) in [6.45, 7) is 3.49. The summed E-state index contributed by atoms with van der Waals surface area (Å²) in [6.07, 6.45) is 2.91. The van der Waals surface area contributed by atoms with Crippen LogP contribution in [-0.4, -0.2) is 37.4 Å². The molecule has 1 fully saturated rings. The van der Waals surface area contributed by atoms with Gasteiger partial charge in [-0.25, -0.2) is 4.79 Å². The molecule has 0 aromatic heterocycles. The summed E-state index contributed by atoms with van der Waals surface area (Å²) in [7, 11) is 0. The average molecular weight is 468 g/mol. The van der Waals surface area contributed by atoms with Crippen LogP contribution in [0.1, 0.15) is 49.3 Å². The number of hydrogen-bond donors (Lipinski definition) is 2. The molecule has 1 aliphatic rings. The smallest absolute Gasteiger partial charge is 0.344 e. The number of aliphatic hydroxyl groups is 1. The number of halogens is 2. The predicted octanol–water partition coefficient (Wildman–Crippen LogP) is 4.91. The SMILES string of the molecule is CCOC(=O)COc1ccc(C2CCC(CNC[C@H](O)c3cccc(Cl)c3)C2)cc1.Cl. The Morgan fingerprint density at radius 1 is 1.23 bits per heavy atom. The van der Waals surface area contributed by atoms with Crippen molar-refractivity contribution in [3.8, 4) is 5.75 Å². The Morgan fingerprint density at radius 3 is 2.71 bits per heavy atom. The van der Waals surface area contributed by atoms with Gasteiger partial charge in [0.15, 0.2) is 6.61 Å². The molecule has 0 aliphatic heterocycles. The molecular weight excluding hydrogens is 437 g/mol. The molecule has 3 rings (SSSR count). The van der Waals surface area contributed by atoms with Gasteiger partial charge in [-0.3, -0.25) is 0 Å². The highest BCUT2D eigenvalue weighted by molar-refractivity contribution is 6.30. The summed E-state index contributed by atoms with van der Waals surface area (Å²) in [5.41, 5.74) is 2.14. The van der Waals surface area contributed by atoms with Crippen LogP contribution in [0.15, 0.2) is 48.5 Å². The maximum absolute atomic E-state index is 11.4. The molecule has 2 unspecified atom stereocenters. The largest absolute Gasteiger partial charge is 0.482 e. The maximum Gasteiger partial charge on any atom is 0.344 e. The Bertz CT molecular complexity index is 815. The zero-order chi connectivity index (χ0) is 21.3. The van der Waals surface area contributed by atoms with Gasteiger partial charge in [0.25, 0.3) is 0 Å². The van der Waals surface area contributed by atoms with E-state index in [9.17, 15) is 9.90 Å². The van der Waals surface area contributed by atoms with Gasteiger partial charge in [-0.1, -0.05) is 35.9 Å². The fourth-order valence-corrected chi connectivity index (χ4v) is 4.20. The van der Waals surface area contributed by atoms with Gasteiger partial charge in [-0.2, -0.15) is 0 Å². The molecule has 2 aromatic carbocycles. The highest BCUT2D eigenvalue weighted by atomic mass is 35.5. The standard InChI is InChI=1S/C24H30ClNO4.ClH/c1-2-29-24(28)16-30-22-10-8-18(9-11-22)19-7-6-17(12-19)14-26-15-23(27)20-4-3-5-21(25)13-20;/h3-5,8-11,13,17,19,23,26-27H,2,6-7,12,14-16H2,1H3;1H/t17?,19?,23-;/m0./s1. The van der Waals surface area contributed by atoms with E-state index >= 15 is 0 Å². The van der Waals surface area contributed by atoms with Gasteiger partial charge < -0.3 is 19.9 Å². The molecule has 1 saturated carbocycles. The number of hydrogen-bond acceptors (Lipinski definition) is 5. The number of carbonyl (C=O) groups is 1. The average Bonchev–Trinajstić information content (AvgIpc) is 3.22. The third kappa shape index (κ3) is 8.00. The Hall–Kier alpha value is -1.79. The van der Waals surface area contributed by atoms with E-state index in [0.717, 1.165) is 24.9 Å². The van der Waals surface area contributed by atoms with Gasteiger partial charge in [0.05, 0.1) is 12.7 Å². The lowest BCUT2D eigenvalue weighted by atomic mass is 9.96. The van der Waals surface area contributed by atoms with Crippen molar-refractivity contribution in [2.24, 2.45) is 5.92 Å². The summed E-state index contributed by atoms with van der Waals surface area (Å²) in [5, 5.41) is 14.4. The quantitative estimate of drug-likeness (QED) is 0.485. The number of esters is 1. The molecule has 7 heteroatoms. The van der Waals surface area contributed by atoms with E-state index < -0.39 is 6.10 Å². The Balaban J connectivity index is 0.00000341. The molecule has 0 bridgehead atoms. The summed E-state index contributed by atoms with van der Waals surface area (Å²) in [6, 6.07) is 15.4. The van der Waals surface area contributed by atoms with Crippen molar-refractivity contribution in [2.75, 3.05) is 26.3 Å². The molecule has 31 heavy (non-hydrogen) atoms. The van der Waals surface area contributed by atoms with Crippen molar-refractivity contribution < 1.29 is 19.4 Å². The van der Waals surface area contributed by atoms with Crippen LogP contribution in [0.25, 0.3) is 0 Å². The van der Waals surface area contributed by atoms with Gasteiger partial charge in [-0.05, 0) is 80.0 Å². The third-order valence-electron chi connectivity index (χ3n) is 5.56. The maximum atomic E-state index is 11.4. The molecule has 1 aliphatic carbocycles. The summed E-state index contributed by atoms with van der Waals surface area (Å²) in [4.78, 5) is 11.4. The molecular formula is C24H31Cl2NO4. The molecule has 2 N–H and O–H groups in total. The zero-order valence-corrected chi connectivity index (χ0v) is 19.3. The predicted molar refractivity (Wildman–Crippen MR) is 125 cm³/mol. The zero-order valence-electron chi connectivity index (χ0n) is 17.8. The van der Waals surface area contributed by atoms with Gasteiger partial charge >= 0.3 is 5.97 Å². The van der Waals surface area contributed by atoms with Gasteiger partial charge in [0, 0.05) is 11.6 Å². The van der Waals surface area contributed by atoms with Gasteiger partial charge in [-0.15, -0.1) is 12.4 Å².